The van der Waals surface area contributed by atoms with Crippen LogP contribution in [0.3, 0.4) is 0 Å². The van der Waals surface area contributed by atoms with E-state index < -0.39 is 27.9 Å². The minimum atomic E-state index is -0.811. The fourth-order valence-electron chi connectivity index (χ4n) is 9.51. The molecule has 4 bridgehead atoms. The number of cyclic esters (lactones) is 1. The fourth-order valence-corrected chi connectivity index (χ4v) is 9.51. The average Bonchev–Trinajstić information content (AvgIpc) is 3.25. The lowest BCUT2D eigenvalue weighted by atomic mass is 9.28. The first kappa shape index (κ1) is 23.2. The van der Waals surface area contributed by atoms with Crippen LogP contribution < -0.4 is 0 Å². The lowest BCUT2D eigenvalue weighted by Crippen LogP contribution is -2.82. The quantitative estimate of drug-likeness (QED) is 0.478. The van der Waals surface area contributed by atoms with E-state index in [4.69, 9.17) is 14.2 Å². The van der Waals surface area contributed by atoms with Gasteiger partial charge in [0.15, 0.2) is 0 Å². The van der Waals surface area contributed by atoms with E-state index in [0.29, 0.717) is 38.7 Å². The molecule has 0 amide bonds. The molecular weight excluding hydrogens is 444 g/mol. The molecule has 6 rings (SSSR count). The summed E-state index contributed by atoms with van der Waals surface area (Å²) in [6.45, 7) is 6.98. The minimum absolute atomic E-state index is 0.125. The molecule has 3 aliphatic heterocycles. The fraction of sp³-hybridized carbons (Fsp3) is 0.724. The van der Waals surface area contributed by atoms with Gasteiger partial charge in [-0.25, -0.2) is 4.79 Å². The highest BCUT2D eigenvalue weighted by Crippen LogP contribution is 2.80. The summed E-state index contributed by atoms with van der Waals surface area (Å²) in [5.74, 6) is 6.34. The van der Waals surface area contributed by atoms with E-state index in [1.54, 1.807) is 6.08 Å². The molecule has 0 aromatic heterocycles. The maximum Gasteiger partial charge on any atom is 0.331 e. The normalized spacial score (nSPS) is 47.8. The summed E-state index contributed by atoms with van der Waals surface area (Å²) in [6.07, 6.45) is 9.67. The summed E-state index contributed by atoms with van der Waals surface area (Å²) in [7, 11) is 0. The van der Waals surface area contributed by atoms with E-state index in [-0.39, 0.29) is 29.9 Å². The number of carbonyl (C=O) groups excluding carboxylic acids is 2. The average molecular weight is 481 g/mol. The maximum atomic E-state index is 13.0. The van der Waals surface area contributed by atoms with Crippen molar-refractivity contribution < 1.29 is 28.9 Å². The molecule has 0 unspecified atom stereocenters. The molecule has 0 radical (unpaired) electrons. The predicted molar refractivity (Wildman–Crippen MR) is 128 cm³/mol. The Morgan fingerprint density at radius 2 is 2.00 bits per heavy atom. The van der Waals surface area contributed by atoms with Gasteiger partial charge in [-0.05, 0) is 68.4 Å². The van der Waals surface area contributed by atoms with Gasteiger partial charge in [0.1, 0.15) is 18.3 Å². The van der Waals surface area contributed by atoms with Crippen LogP contribution in [0.1, 0.15) is 85.0 Å². The van der Waals surface area contributed by atoms with Gasteiger partial charge in [0.05, 0.1) is 24.2 Å². The first-order chi connectivity index (χ1) is 16.6. The third kappa shape index (κ3) is 2.66. The molecule has 0 saturated heterocycles. The Morgan fingerprint density at radius 3 is 2.77 bits per heavy atom. The van der Waals surface area contributed by atoms with Crippen molar-refractivity contribution in [3.63, 3.8) is 0 Å². The second-order valence-corrected chi connectivity index (χ2v) is 12.3. The summed E-state index contributed by atoms with van der Waals surface area (Å²) in [6, 6.07) is 0. The van der Waals surface area contributed by atoms with Crippen molar-refractivity contribution in [3.05, 3.63) is 23.5 Å². The van der Waals surface area contributed by atoms with Crippen molar-refractivity contribution in [2.75, 3.05) is 6.61 Å². The zero-order valence-electron chi connectivity index (χ0n) is 21.1. The molecule has 1 spiro atoms. The van der Waals surface area contributed by atoms with E-state index in [9.17, 15) is 14.7 Å². The Balaban J connectivity index is 1.61. The second-order valence-electron chi connectivity index (χ2n) is 12.3. The smallest absolute Gasteiger partial charge is 0.331 e. The highest BCUT2D eigenvalue weighted by Gasteiger charge is 2.83. The largest absolute Gasteiger partial charge is 0.493 e. The zero-order valence-corrected chi connectivity index (χ0v) is 21.1. The molecule has 3 saturated carbocycles. The first-order valence-corrected chi connectivity index (χ1v) is 13.2. The molecule has 3 heterocycles. The van der Waals surface area contributed by atoms with Gasteiger partial charge >= 0.3 is 11.9 Å². The summed E-state index contributed by atoms with van der Waals surface area (Å²) >= 11 is 0. The van der Waals surface area contributed by atoms with Gasteiger partial charge in [-0.2, -0.15) is 0 Å². The molecule has 3 aliphatic carbocycles. The lowest BCUT2D eigenvalue weighted by Gasteiger charge is -2.78. The number of hydrogen-bond donors (Lipinski definition) is 1. The summed E-state index contributed by atoms with van der Waals surface area (Å²) < 4.78 is 18.5. The van der Waals surface area contributed by atoms with Gasteiger partial charge in [-0.15, -0.1) is 5.92 Å². The molecule has 6 heteroatoms. The summed E-state index contributed by atoms with van der Waals surface area (Å²) in [4.78, 5) is 24.8. The second kappa shape index (κ2) is 7.38. The number of carbonyl (C=O) groups is 2. The number of aliphatic hydroxyl groups excluding tert-OH is 1. The van der Waals surface area contributed by atoms with Crippen LogP contribution in [-0.4, -0.2) is 41.5 Å². The van der Waals surface area contributed by atoms with Gasteiger partial charge in [-0.3, -0.25) is 4.79 Å². The van der Waals surface area contributed by atoms with Crippen molar-refractivity contribution in [2.45, 2.75) is 103 Å². The van der Waals surface area contributed by atoms with Crippen LogP contribution >= 0.6 is 0 Å². The predicted octanol–water partition coefficient (Wildman–Crippen LogP) is 4.36. The summed E-state index contributed by atoms with van der Waals surface area (Å²) in [5.41, 5.74) is -0.692. The van der Waals surface area contributed by atoms with Crippen LogP contribution in [0.4, 0.5) is 0 Å². The number of hydrogen-bond acceptors (Lipinski definition) is 6. The molecule has 0 aromatic carbocycles. The Kier molecular flexibility index (Phi) is 4.88. The Morgan fingerprint density at radius 1 is 1.17 bits per heavy atom. The van der Waals surface area contributed by atoms with Crippen molar-refractivity contribution in [1.82, 2.24) is 0 Å². The Bertz CT molecular complexity index is 1110. The van der Waals surface area contributed by atoms with Crippen LogP contribution in [0.2, 0.25) is 0 Å². The molecule has 188 valence electrons. The number of esters is 2. The lowest BCUT2D eigenvalue weighted by molar-refractivity contribution is -0.349. The molecule has 6 aliphatic rings. The van der Waals surface area contributed by atoms with E-state index in [1.807, 2.05) is 6.26 Å². The third-order valence-corrected chi connectivity index (χ3v) is 10.9. The van der Waals surface area contributed by atoms with Gasteiger partial charge in [-0.1, -0.05) is 19.8 Å². The highest BCUT2D eigenvalue weighted by molar-refractivity contribution is 5.85. The van der Waals surface area contributed by atoms with Crippen LogP contribution in [0.15, 0.2) is 23.5 Å². The number of aliphatic hydroxyl groups is 1. The van der Waals surface area contributed by atoms with Crippen LogP contribution in [-0.2, 0) is 23.8 Å². The maximum absolute atomic E-state index is 13.0. The number of rotatable bonds is 3. The van der Waals surface area contributed by atoms with Crippen LogP contribution in [0.5, 0.6) is 0 Å². The number of fused-ring (bicyclic) bond motifs is 3. The molecule has 3 fully saturated rings. The molecule has 7 atom stereocenters. The van der Waals surface area contributed by atoms with Crippen molar-refractivity contribution >= 4 is 11.9 Å². The molecule has 0 aromatic rings. The van der Waals surface area contributed by atoms with E-state index >= 15 is 0 Å². The highest BCUT2D eigenvalue weighted by atomic mass is 16.5. The zero-order chi connectivity index (χ0) is 24.7. The van der Waals surface area contributed by atoms with E-state index in [2.05, 4.69) is 32.6 Å². The summed E-state index contributed by atoms with van der Waals surface area (Å²) in [5, 5.41) is 12.0. The molecule has 1 N–H and O–H groups in total. The standard InChI is InChI=1S/C29H36O6/c1-25-12-6-7-20-18-34-28(14-9-19-15-24(32)33-17-19)26(2)11-5-4-8-23(31)35-22(16-26)29(20,25)27(28,3)21(30)10-13-25/h15,18,21-22,30H,4,6-10,12-14,16-17H2,1-3H3/t21-,22+,25+,26-,27+,28+,29+/m0/s1. The van der Waals surface area contributed by atoms with E-state index in [1.165, 1.54) is 5.57 Å². The monoisotopic (exact) mass is 480 g/mol. The SMILES string of the molecule is C[C@@]12CCCC3=CO[C@@]4(CCC5=CC(=O)OC5)[C@@](C)([C@@H](O)CC1)[C@@]32[C@H]1C[C@]4(C)C#CCCC(=O)O1. The van der Waals surface area contributed by atoms with Gasteiger partial charge in [0.2, 0.25) is 0 Å². The van der Waals surface area contributed by atoms with Crippen molar-refractivity contribution in [2.24, 2.45) is 21.7 Å². The molecule has 6 nitrogen and oxygen atoms in total. The molecular formula is C29H36O6. The van der Waals surface area contributed by atoms with Crippen molar-refractivity contribution in [3.8, 4) is 11.8 Å². The number of ether oxygens (including phenoxy) is 3. The van der Waals surface area contributed by atoms with Crippen LogP contribution in [0.25, 0.3) is 0 Å². The Labute approximate surface area is 207 Å². The van der Waals surface area contributed by atoms with E-state index in [0.717, 1.165) is 31.3 Å². The van der Waals surface area contributed by atoms with Gasteiger partial charge in [0, 0.05) is 29.7 Å². The van der Waals surface area contributed by atoms with Gasteiger partial charge < -0.3 is 19.3 Å². The minimum Gasteiger partial charge on any atom is -0.493 e. The topological polar surface area (TPSA) is 82.1 Å². The van der Waals surface area contributed by atoms with Gasteiger partial charge in [0.25, 0.3) is 0 Å². The Hall–Kier alpha value is -2.26. The first-order valence-electron chi connectivity index (χ1n) is 13.2. The third-order valence-electron chi connectivity index (χ3n) is 10.9. The van der Waals surface area contributed by atoms with Crippen molar-refractivity contribution in [1.29, 1.82) is 0 Å². The van der Waals surface area contributed by atoms with Crippen LogP contribution in [0, 0.1) is 33.5 Å². The molecule has 35 heavy (non-hydrogen) atoms.